The average Bonchev–Trinajstić information content (AvgIpc) is 3.08. The minimum absolute atomic E-state index is 0.180. The SMILES string of the molecule is CCOC(=O)c1nnn(Cc2ccc(OC)cc2)c1Sc1ccc(Br)c(Cl)c1. The number of benzene rings is 2. The number of halogens is 2. The lowest BCUT2D eigenvalue weighted by Crippen LogP contribution is -2.08. The number of carbonyl (C=O) groups excluding carboxylic acids is 1. The summed E-state index contributed by atoms with van der Waals surface area (Å²) in [4.78, 5) is 13.2. The Labute approximate surface area is 180 Å². The van der Waals surface area contributed by atoms with Crippen LogP contribution in [0.5, 0.6) is 5.75 Å². The van der Waals surface area contributed by atoms with E-state index in [1.165, 1.54) is 11.8 Å². The zero-order valence-corrected chi connectivity index (χ0v) is 18.3. The number of aromatic nitrogens is 3. The molecule has 0 unspecified atom stereocenters. The molecule has 3 aromatic rings. The highest BCUT2D eigenvalue weighted by molar-refractivity contribution is 9.10. The van der Waals surface area contributed by atoms with E-state index < -0.39 is 5.97 Å². The molecule has 6 nitrogen and oxygen atoms in total. The van der Waals surface area contributed by atoms with E-state index in [4.69, 9.17) is 21.1 Å². The maximum Gasteiger partial charge on any atom is 0.361 e. The van der Waals surface area contributed by atoms with Gasteiger partial charge in [-0.25, -0.2) is 9.48 Å². The first-order valence-corrected chi connectivity index (χ1v) is 10.4. The van der Waals surface area contributed by atoms with Gasteiger partial charge in [-0.15, -0.1) is 5.10 Å². The second kappa shape index (κ2) is 9.45. The molecule has 28 heavy (non-hydrogen) atoms. The number of esters is 1. The van der Waals surface area contributed by atoms with Gasteiger partial charge < -0.3 is 9.47 Å². The van der Waals surface area contributed by atoms with Crippen molar-refractivity contribution in [3.8, 4) is 5.75 Å². The monoisotopic (exact) mass is 481 g/mol. The van der Waals surface area contributed by atoms with Crippen molar-refractivity contribution in [1.82, 2.24) is 15.0 Å². The molecule has 0 aliphatic rings. The molecule has 0 N–H and O–H groups in total. The fraction of sp³-hybridized carbons (Fsp3) is 0.211. The molecule has 2 aromatic carbocycles. The van der Waals surface area contributed by atoms with Crippen molar-refractivity contribution in [2.45, 2.75) is 23.4 Å². The van der Waals surface area contributed by atoms with Gasteiger partial charge in [0.25, 0.3) is 0 Å². The van der Waals surface area contributed by atoms with Crippen LogP contribution >= 0.6 is 39.3 Å². The van der Waals surface area contributed by atoms with Crippen LogP contribution in [0, 0.1) is 0 Å². The van der Waals surface area contributed by atoms with Gasteiger partial charge in [-0.2, -0.15) is 0 Å². The molecule has 3 rings (SSSR count). The third kappa shape index (κ3) is 4.87. The number of hydrogen-bond donors (Lipinski definition) is 0. The van der Waals surface area contributed by atoms with Crippen molar-refractivity contribution >= 4 is 45.3 Å². The van der Waals surface area contributed by atoms with Gasteiger partial charge in [-0.05, 0) is 58.7 Å². The van der Waals surface area contributed by atoms with Crippen molar-refractivity contribution in [3.63, 3.8) is 0 Å². The molecule has 0 aliphatic heterocycles. The Morgan fingerprint density at radius 2 is 2.00 bits per heavy atom. The zero-order valence-electron chi connectivity index (χ0n) is 15.2. The lowest BCUT2D eigenvalue weighted by molar-refractivity contribution is 0.0515. The number of hydrogen-bond acceptors (Lipinski definition) is 6. The molecule has 9 heteroatoms. The summed E-state index contributed by atoms with van der Waals surface area (Å²) in [5.74, 6) is 0.267. The summed E-state index contributed by atoms with van der Waals surface area (Å²) in [6, 6.07) is 13.2. The summed E-state index contributed by atoms with van der Waals surface area (Å²) in [7, 11) is 1.62. The molecule has 0 saturated carbocycles. The number of ether oxygens (including phenoxy) is 2. The van der Waals surface area contributed by atoms with Gasteiger partial charge in [0.2, 0.25) is 5.69 Å². The van der Waals surface area contributed by atoms with Crippen LogP contribution < -0.4 is 4.74 Å². The molecule has 1 heterocycles. The quantitative estimate of drug-likeness (QED) is 0.438. The average molecular weight is 483 g/mol. The smallest absolute Gasteiger partial charge is 0.361 e. The lowest BCUT2D eigenvalue weighted by Gasteiger charge is -2.09. The van der Waals surface area contributed by atoms with E-state index in [-0.39, 0.29) is 12.3 Å². The Balaban J connectivity index is 1.94. The molecule has 0 bridgehead atoms. The molecule has 0 spiro atoms. The highest BCUT2D eigenvalue weighted by Gasteiger charge is 2.22. The first kappa shape index (κ1) is 20.7. The number of carbonyl (C=O) groups is 1. The normalized spacial score (nSPS) is 10.7. The molecule has 1 aromatic heterocycles. The standard InChI is InChI=1S/C19H17BrClN3O3S/c1-3-27-19(25)17-18(28-14-8-9-15(20)16(21)10-14)24(23-22-17)11-12-4-6-13(26-2)7-5-12/h4-10H,3,11H2,1-2H3. The van der Waals surface area contributed by atoms with Crippen molar-refractivity contribution in [3.05, 3.63) is 63.2 Å². The van der Waals surface area contributed by atoms with Gasteiger partial charge in [0.1, 0.15) is 10.8 Å². The predicted molar refractivity (Wildman–Crippen MR) is 111 cm³/mol. The Hall–Kier alpha value is -2.03. The Morgan fingerprint density at radius 1 is 1.25 bits per heavy atom. The zero-order chi connectivity index (χ0) is 20.1. The Bertz CT molecular complexity index is 979. The number of rotatable bonds is 7. The summed E-state index contributed by atoms with van der Waals surface area (Å²) in [5.41, 5.74) is 1.18. The predicted octanol–water partition coefficient (Wildman–Crippen LogP) is 5.08. The molecule has 0 radical (unpaired) electrons. The van der Waals surface area contributed by atoms with Gasteiger partial charge in [0.15, 0.2) is 0 Å². The molecular formula is C19H17BrClN3O3S. The highest BCUT2D eigenvalue weighted by Crippen LogP contribution is 2.34. The largest absolute Gasteiger partial charge is 0.497 e. The van der Waals surface area contributed by atoms with Crippen LogP contribution in [0.4, 0.5) is 0 Å². The Morgan fingerprint density at radius 3 is 2.64 bits per heavy atom. The van der Waals surface area contributed by atoms with Crippen LogP contribution in [0.1, 0.15) is 23.0 Å². The number of nitrogens with zero attached hydrogens (tertiary/aromatic N) is 3. The van der Waals surface area contributed by atoms with Crippen LogP contribution in [-0.2, 0) is 11.3 Å². The molecule has 0 fully saturated rings. The third-order valence-corrected chi connectivity index (χ3v) is 6.08. The van der Waals surface area contributed by atoms with Crippen LogP contribution in [0.25, 0.3) is 0 Å². The minimum atomic E-state index is -0.505. The van der Waals surface area contributed by atoms with E-state index in [9.17, 15) is 4.79 Å². The van der Waals surface area contributed by atoms with Crippen LogP contribution in [0.3, 0.4) is 0 Å². The second-order valence-electron chi connectivity index (χ2n) is 5.65. The van der Waals surface area contributed by atoms with Crippen molar-refractivity contribution in [1.29, 1.82) is 0 Å². The molecule has 0 atom stereocenters. The van der Waals surface area contributed by atoms with E-state index in [0.717, 1.165) is 20.7 Å². The van der Waals surface area contributed by atoms with Gasteiger partial charge in [0, 0.05) is 9.37 Å². The maximum atomic E-state index is 12.3. The molecular weight excluding hydrogens is 466 g/mol. The third-order valence-electron chi connectivity index (χ3n) is 3.76. The van der Waals surface area contributed by atoms with Gasteiger partial charge >= 0.3 is 5.97 Å². The first-order valence-electron chi connectivity index (χ1n) is 8.38. The van der Waals surface area contributed by atoms with Crippen molar-refractivity contribution in [2.75, 3.05) is 13.7 Å². The van der Waals surface area contributed by atoms with E-state index in [0.29, 0.717) is 16.6 Å². The maximum absolute atomic E-state index is 12.3. The molecule has 0 saturated heterocycles. The fourth-order valence-corrected chi connectivity index (χ4v) is 3.85. The van der Waals surface area contributed by atoms with Gasteiger partial charge in [-0.3, -0.25) is 0 Å². The highest BCUT2D eigenvalue weighted by atomic mass is 79.9. The van der Waals surface area contributed by atoms with Crippen LogP contribution in [0.15, 0.2) is 56.9 Å². The van der Waals surface area contributed by atoms with E-state index >= 15 is 0 Å². The topological polar surface area (TPSA) is 66.2 Å². The summed E-state index contributed by atoms with van der Waals surface area (Å²) in [6.07, 6.45) is 0. The molecule has 0 amide bonds. The molecule has 0 aliphatic carbocycles. The first-order chi connectivity index (χ1) is 13.5. The molecule has 146 valence electrons. The van der Waals surface area contributed by atoms with E-state index in [2.05, 4.69) is 26.2 Å². The van der Waals surface area contributed by atoms with Crippen molar-refractivity contribution < 1.29 is 14.3 Å². The second-order valence-corrected chi connectivity index (χ2v) is 7.97. The summed E-state index contributed by atoms with van der Waals surface area (Å²) >= 11 is 10.9. The summed E-state index contributed by atoms with van der Waals surface area (Å²) in [6.45, 7) is 2.46. The summed E-state index contributed by atoms with van der Waals surface area (Å²) < 4.78 is 12.8. The van der Waals surface area contributed by atoms with Crippen molar-refractivity contribution in [2.24, 2.45) is 0 Å². The Kier molecular flexibility index (Phi) is 6.98. The van der Waals surface area contributed by atoms with Gasteiger partial charge in [-0.1, -0.05) is 40.7 Å². The fourth-order valence-electron chi connectivity index (χ4n) is 2.39. The lowest BCUT2D eigenvalue weighted by atomic mass is 10.2. The summed E-state index contributed by atoms with van der Waals surface area (Å²) in [5, 5.41) is 9.39. The van der Waals surface area contributed by atoms with Gasteiger partial charge in [0.05, 0.1) is 25.3 Å². The number of methoxy groups -OCH3 is 1. The van der Waals surface area contributed by atoms with E-state index in [1.807, 2.05) is 42.5 Å². The van der Waals surface area contributed by atoms with E-state index in [1.54, 1.807) is 18.7 Å². The van der Waals surface area contributed by atoms with Crippen LogP contribution in [0.2, 0.25) is 5.02 Å². The minimum Gasteiger partial charge on any atom is -0.497 e. The van der Waals surface area contributed by atoms with Crippen LogP contribution in [-0.4, -0.2) is 34.7 Å².